The molecule has 2 aromatic rings. The Bertz CT molecular complexity index is 868. The lowest BCUT2D eigenvalue weighted by molar-refractivity contribution is -0.134. The largest absolute Gasteiger partial charge is 0.432 e. The van der Waals surface area contributed by atoms with Crippen molar-refractivity contribution in [3.05, 3.63) is 47.9 Å². The number of anilines is 1. The van der Waals surface area contributed by atoms with Gasteiger partial charge < -0.3 is 14.2 Å². The van der Waals surface area contributed by atoms with Gasteiger partial charge in [0.05, 0.1) is 12.7 Å². The summed E-state index contributed by atoms with van der Waals surface area (Å²) >= 11 is 0. The zero-order chi connectivity index (χ0) is 20.6. The summed E-state index contributed by atoms with van der Waals surface area (Å²) in [6, 6.07) is 8.39. The predicted molar refractivity (Wildman–Crippen MR) is 109 cm³/mol. The van der Waals surface area contributed by atoms with Crippen molar-refractivity contribution in [2.24, 2.45) is 5.92 Å². The van der Waals surface area contributed by atoms with Crippen LogP contribution in [0.25, 0.3) is 0 Å². The molecule has 154 valence electrons. The third-order valence-electron chi connectivity index (χ3n) is 5.91. The molecule has 4 rings (SSSR count). The van der Waals surface area contributed by atoms with E-state index in [0.29, 0.717) is 45.0 Å². The van der Waals surface area contributed by atoms with E-state index in [-0.39, 0.29) is 17.9 Å². The van der Waals surface area contributed by atoms with Gasteiger partial charge >= 0.3 is 6.03 Å². The molecule has 2 aliphatic heterocycles. The second-order valence-electron chi connectivity index (χ2n) is 8.50. The number of carbonyl (C=O) groups excluding carboxylic acids is 2. The van der Waals surface area contributed by atoms with Crippen LogP contribution in [0.1, 0.15) is 37.8 Å². The van der Waals surface area contributed by atoms with Gasteiger partial charge in [0.2, 0.25) is 0 Å². The number of carbonyl (C=O) groups is 2. The molecule has 1 spiro atoms. The number of hydrogen-bond acceptors (Lipinski definition) is 5. The van der Waals surface area contributed by atoms with Gasteiger partial charge in [-0.25, -0.2) is 9.78 Å². The van der Waals surface area contributed by atoms with E-state index in [4.69, 9.17) is 4.42 Å². The topological polar surface area (TPSA) is 69.9 Å². The summed E-state index contributed by atoms with van der Waals surface area (Å²) in [5, 5.41) is 0. The maximum atomic E-state index is 13.6. The van der Waals surface area contributed by atoms with Crippen LogP contribution in [0.5, 0.6) is 0 Å². The molecule has 0 atom stereocenters. The van der Waals surface area contributed by atoms with Gasteiger partial charge in [-0.2, -0.15) is 0 Å². The van der Waals surface area contributed by atoms with Crippen LogP contribution in [0.2, 0.25) is 0 Å². The van der Waals surface area contributed by atoms with E-state index in [9.17, 15) is 9.59 Å². The van der Waals surface area contributed by atoms with Crippen molar-refractivity contribution in [3.8, 4) is 0 Å². The summed E-state index contributed by atoms with van der Waals surface area (Å²) in [4.78, 5) is 36.4. The quantitative estimate of drug-likeness (QED) is 0.724. The van der Waals surface area contributed by atoms with Crippen molar-refractivity contribution < 1.29 is 14.0 Å². The third kappa shape index (κ3) is 3.50. The van der Waals surface area contributed by atoms with Crippen LogP contribution in [0.15, 0.2) is 41.1 Å². The number of aromatic nitrogens is 1. The lowest BCUT2D eigenvalue weighted by Crippen LogP contribution is -2.57. The van der Waals surface area contributed by atoms with E-state index in [1.165, 1.54) is 4.90 Å². The van der Waals surface area contributed by atoms with Gasteiger partial charge in [-0.05, 0) is 31.2 Å². The van der Waals surface area contributed by atoms with Crippen LogP contribution >= 0.6 is 0 Å². The second-order valence-corrected chi connectivity index (χ2v) is 8.50. The van der Waals surface area contributed by atoms with Crippen LogP contribution in [0.3, 0.4) is 0 Å². The summed E-state index contributed by atoms with van der Waals surface area (Å²) in [7, 11) is 0. The SMILES string of the molecule is Cc1ccc(CN2C(=O)N(CC(C)C)C3(CCN(c4ncco4)CC3)C2=O)cc1. The van der Waals surface area contributed by atoms with E-state index in [1.807, 2.05) is 41.0 Å². The summed E-state index contributed by atoms with van der Waals surface area (Å²) < 4.78 is 5.41. The number of hydrogen-bond donors (Lipinski definition) is 0. The van der Waals surface area contributed by atoms with Crippen LogP contribution in [0, 0.1) is 12.8 Å². The van der Waals surface area contributed by atoms with Gasteiger partial charge in [-0.3, -0.25) is 9.69 Å². The number of piperidine rings is 1. The van der Waals surface area contributed by atoms with Crippen molar-refractivity contribution in [1.82, 2.24) is 14.8 Å². The fourth-order valence-electron chi connectivity index (χ4n) is 4.34. The second kappa shape index (κ2) is 7.54. The van der Waals surface area contributed by atoms with Crippen molar-refractivity contribution in [3.63, 3.8) is 0 Å². The number of oxazole rings is 1. The summed E-state index contributed by atoms with van der Waals surface area (Å²) in [6.07, 6.45) is 4.34. The molecular formula is C22H28N4O3. The molecular weight excluding hydrogens is 368 g/mol. The van der Waals surface area contributed by atoms with Gasteiger partial charge in [0.15, 0.2) is 0 Å². The van der Waals surface area contributed by atoms with Crippen molar-refractivity contribution in [2.45, 2.75) is 45.7 Å². The molecule has 3 amide bonds. The van der Waals surface area contributed by atoms with Gasteiger partial charge in [-0.1, -0.05) is 43.7 Å². The first-order valence-corrected chi connectivity index (χ1v) is 10.2. The normalized spacial score (nSPS) is 19.1. The molecule has 2 fully saturated rings. The number of rotatable bonds is 5. The van der Waals surface area contributed by atoms with E-state index in [1.54, 1.807) is 12.5 Å². The molecule has 1 aromatic heterocycles. The number of benzene rings is 1. The van der Waals surface area contributed by atoms with Crippen LogP contribution in [-0.4, -0.2) is 51.9 Å². The number of aryl methyl sites for hydroxylation is 1. The molecule has 0 aliphatic carbocycles. The highest BCUT2D eigenvalue weighted by Crippen LogP contribution is 2.39. The molecule has 0 bridgehead atoms. The Labute approximate surface area is 171 Å². The molecule has 1 aromatic carbocycles. The van der Waals surface area contributed by atoms with Crippen molar-refractivity contribution >= 4 is 18.0 Å². The van der Waals surface area contributed by atoms with Crippen molar-refractivity contribution in [2.75, 3.05) is 24.5 Å². The molecule has 0 unspecified atom stereocenters. The fraction of sp³-hybridized carbons (Fsp3) is 0.500. The first kappa shape index (κ1) is 19.5. The number of nitrogens with zero attached hydrogens (tertiary/aromatic N) is 4. The number of imide groups is 1. The molecule has 3 heterocycles. The van der Waals surface area contributed by atoms with Gasteiger partial charge in [-0.15, -0.1) is 0 Å². The summed E-state index contributed by atoms with van der Waals surface area (Å²) in [5.74, 6) is 0.212. The molecule has 7 nitrogen and oxygen atoms in total. The van der Waals surface area contributed by atoms with Gasteiger partial charge in [0.25, 0.3) is 11.9 Å². The predicted octanol–water partition coefficient (Wildman–Crippen LogP) is 3.44. The lowest BCUT2D eigenvalue weighted by Gasteiger charge is -2.42. The Hall–Kier alpha value is -2.83. The minimum Gasteiger partial charge on any atom is -0.432 e. The van der Waals surface area contributed by atoms with Crippen molar-refractivity contribution in [1.29, 1.82) is 0 Å². The Morgan fingerprint density at radius 1 is 1.14 bits per heavy atom. The minimum atomic E-state index is -0.769. The highest BCUT2D eigenvalue weighted by molar-refractivity contribution is 6.07. The van der Waals surface area contributed by atoms with Gasteiger partial charge in [0, 0.05) is 19.6 Å². The average Bonchev–Trinajstić information content (AvgIpc) is 3.30. The standard InChI is InChI=1S/C22H28N4O3/c1-16(2)14-26-21(28)25(15-18-6-4-17(3)5-7-18)19(27)22(26)8-11-24(12-9-22)20-23-10-13-29-20/h4-7,10,13,16H,8-9,11-12,14-15H2,1-3H3. The van der Waals surface area contributed by atoms with Crippen LogP contribution < -0.4 is 4.90 Å². The minimum absolute atomic E-state index is 0.0734. The van der Waals surface area contributed by atoms with Crippen LogP contribution in [-0.2, 0) is 11.3 Å². The molecule has 0 N–H and O–H groups in total. The maximum Gasteiger partial charge on any atom is 0.327 e. The summed E-state index contributed by atoms with van der Waals surface area (Å²) in [6.45, 7) is 8.34. The Morgan fingerprint density at radius 2 is 1.83 bits per heavy atom. The van der Waals surface area contributed by atoms with Crippen LogP contribution in [0.4, 0.5) is 10.8 Å². The summed E-state index contributed by atoms with van der Waals surface area (Å²) in [5.41, 5.74) is 1.36. The zero-order valence-corrected chi connectivity index (χ0v) is 17.3. The Morgan fingerprint density at radius 3 is 2.41 bits per heavy atom. The first-order chi connectivity index (χ1) is 13.9. The van der Waals surface area contributed by atoms with E-state index in [0.717, 1.165) is 11.1 Å². The molecule has 0 saturated carbocycles. The average molecular weight is 396 g/mol. The smallest absolute Gasteiger partial charge is 0.327 e. The first-order valence-electron chi connectivity index (χ1n) is 10.2. The molecule has 7 heteroatoms. The van der Waals surface area contributed by atoms with E-state index < -0.39 is 5.54 Å². The van der Waals surface area contributed by atoms with E-state index in [2.05, 4.69) is 18.8 Å². The molecule has 2 aliphatic rings. The van der Waals surface area contributed by atoms with E-state index >= 15 is 0 Å². The lowest BCUT2D eigenvalue weighted by atomic mass is 9.85. The maximum absolute atomic E-state index is 13.6. The number of amides is 3. The number of urea groups is 1. The Balaban J connectivity index is 1.58. The molecule has 0 radical (unpaired) electrons. The zero-order valence-electron chi connectivity index (χ0n) is 17.3. The third-order valence-corrected chi connectivity index (χ3v) is 5.91. The highest BCUT2D eigenvalue weighted by atomic mass is 16.4. The highest BCUT2D eigenvalue weighted by Gasteiger charge is 2.58. The Kier molecular flexibility index (Phi) is 5.06. The van der Waals surface area contributed by atoms with Gasteiger partial charge in [0.1, 0.15) is 11.8 Å². The molecule has 2 saturated heterocycles. The molecule has 29 heavy (non-hydrogen) atoms. The fourth-order valence-corrected chi connectivity index (χ4v) is 4.34. The monoisotopic (exact) mass is 396 g/mol.